The summed E-state index contributed by atoms with van der Waals surface area (Å²) in [5.74, 6) is -0.783. The number of carboxylic acids is 1. The molecule has 0 radical (unpaired) electrons. The van der Waals surface area contributed by atoms with Gasteiger partial charge in [0.25, 0.3) is 0 Å². The van der Waals surface area contributed by atoms with Gasteiger partial charge in [0.1, 0.15) is 6.79 Å². The SMILES string of the molecule is C=C[C@@H](CCCC(=O)O)OCOC. The predicted molar refractivity (Wildman–Crippen MR) is 48.4 cm³/mol. The van der Waals surface area contributed by atoms with E-state index in [1.807, 2.05) is 0 Å². The quantitative estimate of drug-likeness (QED) is 0.462. The Labute approximate surface area is 78.2 Å². The van der Waals surface area contributed by atoms with Crippen molar-refractivity contribution in [1.29, 1.82) is 0 Å². The highest BCUT2D eigenvalue weighted by Crippen LogP contribution is 2.05. The Hall–Kier alpha value is -0.870. The van der Waals surface area contributed by atoms with Crippen LogP contribution < -0.4 is 0 Å². The van der Waals surface area contributed by atoms with Gasteiger partial charge in [0.05, 0.1) is 6.10 Å². The molecule has 0 rings (SSSR count). The molecule has 4 nitrogen and oxygen atoms in total. The van der Waals surface area contributed by atoms with E-state index in [4.69, 9.17) is 14.6 Å². The van der Waals surface area contributed by atoms with Crippen molar-refractivity contribution in [3.8, 4) is 0 Å². The Kier molecular flexibility index (Phi) is 7.24. The smallest absolute Gasteiger partial charge is 0.303 e. The average molecular weight is 188 g/mol. The molecule has 0 unspecified atom stereocenters. The number of hydrogen-bond acceptors (Lipinski definition) is 3. The van der Waals surface area contributed by atoms with Crippen molar-refractivity contribution >= 4 is 5.97 Å². The van der Waals surface area contributed by atoms with Crippen LogP contribution in [0.25, 0.3) is 0 Å². The third-order valence-corrected chi connectivity index (χ3v) is 1.54. The Morgan fingerprint density at radius 1 is 1.69 bits per heavy atom. The van der Waals surface area contributed by atoms with Crippen LogP contribution in [-0.2, 0) is 14.3 Å². The molecular formula is C9H16O4. The minimum absolute atomic E-state index is 0.112. The van der Waals surface area contributed by atoms with E-state index in [0.717, 1.165) is 0 Å². The minimum atomic E-state index is -0.783. The van der Waals surface area contributed by atoms with Crippen LogP contribution in [0.2, 0.25) is 0 Å². The van der Waals surface area contributed by atoms with Crippen LogP contribution in [0.5, 0.6) is 0 Å². The van der Waals surface area contributed by atoms with Gasteiger partial charge in [-0.05, 0) is 12.8 Å². The van der Waals surface area contributed by atoms with Crippen molar-refractivity contribution in [2.24, 2.45) is 0 Å². The predicted octanol–water partition coefficient (Wildman–Crippen LogP) is 1.42. The maximum absolute atomic E-state index is 10.2. The number of hydrogen-bond donors (Lipinski definition) is 1. The van der Waals surface area contributed by atoms with Crippen molar-refractivity contribution in [3.05, 3.63) is 12.7 Å². The van der Waals surface area contributed by atoms with E-state index in [9.17, 15) is 4.79 Å². The molecule has 1 atom stereocenters. The molecule has 0 amide bonds. The van der Waals surface area contributed by atoms with E-state index in [1.165, 1.54) is 7.11 Å². The molecule has 0 aliphatic carbocycles. The molecule has 0 spiro atoms. The van der Waals surface area contributed by atoms with E-state index < -0.39 is 5.97 Å². The Morgan fingerprint density at radius 2 is 2.38 bits per heavy atom. The highest BCUT2D eigenvalue weighted by Gasteiger charge is 2.05. The van der Waals surface area contributed by atoms with Gasteiger partial charge < -0.3 is 14.6 Å². The Balaban J connectivity index is 3.47. The molecule has 13 heavy (non-hydrogen) atoms. The number of aliphatic carboxylic acids is 1. The first kappa shape index (κ1) is 12.1. The fraction of sp³-hybridized carbons (Fsp3) is 0.667. The summed E-state index contributed by atoms with van der Waals surface area (Å²) >= 11 is 0. The molecule has 0 fully saturated rings. The lowest BCUT2D eigenvalue weighted by atomic mass is 10.1. The zero-order valence-electron chi connectivity index (χ0n) is 7.86. The van der Waals surface area contributed by atoms with Crippen LogP contribution in [0.3, 0.4) is 0 Å². The summed E-state index contributed by atoms with van der Waals surface area (Å²) in [4.78, 5) is 10.2. The van der Waals surface area contributed by atoms with E-state index in [2.05, 4.69) is 6.58 Å². The van der Waals surface area contributed by atoms with Gasteiger partial charge in [-0.2, -0.15) is 0 Å². The fourth-order valence-corrected chi connectivity index (χ4v) is 0.879. The van der Waals surface area contributed by atoms with Gasteiger partial charge in [-0.15, -0.1) is 6.58 Å². The second-order valence-electron chi connectivity index (χ2n) is 2.63. The first-order chi connectivity index (χ1) is 6.20. The van der Waals surface area contributed by atoms with E-state index in [1.54, 1.807) is 6.08 Å². The summed E-state index contributed by atoms with van der Waals surface area (Å²) < 4.78 is 9.90. The third kappa shape index (κ3) is 7.49. The lowest BCUT2D eigenvalue weighted by Gasteiger charge is -2.11. The number of carboxylic acid groups (broad SMARTS) is 1. The van der Waals surface area contributed by atoms with Crippen molar-refractivity contribution in [2.75, 3.05) is 13.9 Å². The highest BCUT2D eigenvalue weighted by molar-refractivity contribution is 5.66. The Bertz CT molecular complexity index is 156. The minimum Gasteiger partial charge on any atom is -0.481 e. The molecule has 0 bridgehead atoms. The summed E-state index contributed by atoms with van der Waals surface area (Å²) in [6.07, 6.45) is 2.97. The zero-order valence-corrected chi connectivity index (χ0v) is 7.86. The van der Waals surface area contributed by atoms with E-state index >= 15 is 0 Å². The van der Waals surface area contributed by atoms with Gasteiger partial charge >= 0.3 is 5.97 Å². The van der Waals surface area contributed by atoms with Gasteiger partial charge in [-0.1, -0.05) is 6.08 Å². The van der Waals surface area contributed by atoms with Gasteiger partial charge in [0.2, 0.25) is 0 Å². The number of methoxy groups -OCH3 is 1. The van der Waals surface area contributed by atoms with Crippen molar-refractivity contribution in [3.63, 3.8) is 0 Å². The molecule has 0 aromatic rings. The maximum Gasteiger partial charge on any atom is 0.303 e. The summed E-state index contributed by atoms with van der Waals surface area (Å²) in [6.45, 7) is 3.80. The first-order valence-electron chi connectivity index (χ1n) is 4.15. The third-order valence-electron chi connectivity index (χ3n) is 1.54. The fourth-order valence-electron chi connectivity index (χ4n) is 0.879. The summed E-state index contributed by atoms with van der Waals surface area (Å²) in [5, 5.41) is 8.38. The van der Waals surface area contributed by atoms with Crippen molar-refractivity contribution in [2.45, 2.75) is 25.4 Å². The zero-order chi connectivity index (χ0) is 10.1. The highest BCUT2D eigenvalue weighted by atomic mass is 16.7. The van der Waals surface area contributed by atoms with Gasteiger partial charge in [0, 0.05) is 13.5 Å². The van der Waals surface area contributed by atoms with E-state index in [-0.39, 0.29) is 19.3 Å². The molecule has 4 heteroatoms. The molecule has 0 aromatic carbocycles. The van der Waals surface area contributed by atoms with Crippen LogP contribution in [0.1, 0.15) is 19.3 Å². The molecule has 0 saturated carbocycles. The molecular weight excluding hydrogens is 172 g/mol. The van der Waals surface area contributed by atoms with Crippen LogP contribution in [-0.4, -0.2) is 31.1 Å². The Morgan fingerprint density at radius 3 is 2.85 bits per heavy atom. The summed E-state index contributed by atoms with van der Waals surface area (Å²) in [5.41, 5.74) is 0. The first-order valence-corrected chi connectivity index (χ1v) is 4.15. The summed E-state index contributed by atoms with van der Waals surface area (Å²) in [6, 6.07) is 0. The molecule has 0 aromatic heterocycles. The molecule has 76 valence electrons. The molecule has 0 heterocycles. The molecule has 0 aliphatic heterocycles. The second kappa shape index (κ2) is 7.76. The number of rotatable bonds is 8. The monoisotopic (exact) mass is 188 g/mol. The van der Waals surface area contributed by atoms with Gasteiger partial charge in [-0.25, -0.2) is 0 Å². The second-order valence-corrected chi connectivity index (χ2v) is 2.63. The molecule has 0 aliphatic rings. The largest absolute Gasteiger partial charge is 0.481 e. The number of carbonyl (C=O) groups is 1. The molecule has 0 saturated heterocycles. The average Bonchev–Trinajstić information content (AvgIpc) is 2.10. The van der Waals surface area contributed by atoms with Gasteiger partial charge in [-0.3, -0.25) is 4.79 Å². The standard InChI is InChI=1S/C9H16O4/c1-3-8(13-7-12-2)5-4-6-9(10)11/h3,8H,1,4-7H2,2H3,(H,10,11)/t8-/m0/s1. The maximum atomic E-state index is 10.2. The van der Waals surface area contributed by atoms with Crippen LogP contribution in [0, 0.1) is 0 Å². The molecule has 1 N–H and O–H groups in total. The van der Waals surface area contributed by atoms with E-state index in [0.29, 0.717) is 12.8 Å². The lowest BCUT2D eigenvalue weighted by Crippen LogP contribution is -2.12. The van der Waals surface area contributed by atoms with Crippen LogP contribution in [0.15, 0.2) is 12.7 Å². The van der Waals surface area contributed by atoms with Crippen molar-refractivity contribution in [1.82, 2.24) is 0 Å². The summed E-state index contributed by atoms with van der Waals surface area (Å²) in [7, 11) is 1.54. The normalized spacial score (nSPS) is 12.4. The number of ether oxygens (including phenoxy) is 2. The lowest BCUT2D eigenvalue weighted by molar-refractivity contribution is -0.137. The van der Waals surface area contributed by atoms with Crippen LogP contribution >= 0.6 is 0 Å². The van der Waals surface area contributed by atoms with Crippen molar-refractivity contribution < 1.29 is 19.4 Å². The van der Waals surface area contributed by atoms with Gasteiger partial charge in [0.15, 0.2) is 0 Å². The topological polar surface area (TPSA) is 55.8 Å². The van der Waals surface area contributed by atoms with Crippen LogP contribution in [0.4, 0.5) is 0 Å².